The summed E-state index contributed by atoms with van der Waals surface area (Å²) < 4.78 is 5.26. The number of hydrogen-bond donors (Lipinski definition) is 0. The number of benzene rings is 1. The van der Waals surface area contributed by atoms with E-state index in [9.17, 15) is 4.79 Å². The zero-order chi connectivity index (χ0) is 19.5. The molecule has 0 aromatic heterocycles. The van der Waals surface area contributed by atoms with Crippen LogP contribution < -0.4 is 0 Å². The molecule has 0 aliphatic heterocycles. The van der Waals surface area contributed by atoms with E-state index in [2.05, 4.69) is 39.8 Å². The molecule has 0 heterocycles. The molecule has 0 aliphatic carbocycles. The Kier molecular flexibility index (Phi) is 10.4. The number of allylic oxidation sites excluding steroid dienone is 5. The number of rotatable bonds is 9. The summed E-state index contributed by atoms with van der Waals surface area (Å²) in [4.78, 5) is 12.0. The number of esters is 1. The van der Waals surface area contributed by atoms with Crippen LogP contribution in [0.25, 0.3) is 0 Å². The molecule has 0 saturated carbocycles. The molecule has 0 atom stereocenters. The molecule has 0 radical (unpaired) electrons. The van der Waals surface area contributed by atoms with Gasteiger partial charge in [0, 0.05) is 0 Å². The Hall–Kier alpha value is -1.51. The second kappa shape index (κ2) is 12.0. The van der Waals surface area contributed by atoms with Crippen LogP contribution in [0.4, 0.5) is 0 Å². The van der Waals surface area contributed by atoms with Crippen molar-refractivity contribution in [2.45, 2.75) is 53.4 Å². The van der Waals surface area contributed by atoms with E-state index in [4.69, 9.17) is 27.9 Å². The quantitative estimate of drug-likeness (QED) is 0.318. The van der Waals surface area contributed by atoms with E-state index in [0.29, 0.717) is 15.6 Å². The van der Waals surface area contributed by atoms with Crippen molar-refractivity contribution < 1.29 is 9.53 Å². The maximum atomic E-state index is 12.0. The van der Waals surface area contributed by atoms with Gasteiger partial charge in [-0.3, -0.25) is 0 Å². The molecule has 0 fully saturated rings. The lowest BCUT2D eigenvalue weighted by atomic mass is 10.1. The van der Waals surface area contributed by atoms with Crippen LogP contribution in [0.15, 0.2) is 53.1 Å². The summed E-state index contributed by atoms with van der Waals surface area (Å²) >= 11 is 11.8. The molecule has 4 heteroatoms. The van der Waals surface area contributed by atoms with E-state index < -0.39 is 5.97 Å². The number of hydrogen-bond acceptors (Lipinski definition) is 2. The highest BCUT2D eigenvalue weighted by Gasteiger charge is 2.08. The highest BCUT2D eigenvalue weighted by Crippen LogP contribution is 2.23. The molecule has 0 saturated heterocycles. The van der Waals surface area contributed by atoms with Crippen LogP contribution in [0.3, 0.4) is 0 Å². The molecule has 0 amide bonds. The third kappa shape index (κ3) is 9.26. The predicted octanol–water partition coefficient (Wildman–Crippen LogP) is 7.57. The maximum absolute atomic E-state index is 12.0. The molecule has 142 valence electrons. The highest BCUT2D eigenvalue weighted by molar-refractivity contribution is 6.42. The van der Waals surface area contributed by atoms with Crippen molar-refractivity contribution in [1.82, 2.24) is 0 Å². The summed E-state index contributed by atoms with van der Waals surface area (Å²) in [6.07, 6.45) is 10.7. The Labute approximate surface area is 167 Å². The summed E-state index contributed by atoms with van der Waals surface area (Å²) in [5, 5.41) is 0.766. The highest BCUT2D eigenvalue weighted by atomic mass is 35.5. The van der Waals surface area contributed by atoms with E-state index in [-0.39, 0.29) is 6.61 Å². The molecule has 0 aliphatic rings. The van der Waals surface area contributed by atoms with E-state index in [0.717, 1.165) is 25.7 Å². The minimum absolute atomic E-state index is 0.258. The van der Waals surface area contributed by atoms with E-state index in [1.54, 1.807) is 12.1 Å². The van der Waals surface area contributed by atoms with Crippen LogP contribution in [0, 0.1) is 0 Å². The molecular formula is C22H28Cl2O2. The summed E-state index contributed by atoms with van der Waals surface area (Å²) in [6, 6.07) is 4.72. The monoisotopic (exact) mass is 394 g/mol. The fourth-order valence-electron chi connectivity index (χ4n) is 2.30. The molecule has 26 heavy (non-hydrogen) atoms. The van der Waals surface area contributed by atoms with E-state index in [1.807, 2.05) is 6.08 Å². The average Bonchev–Trinajstić information content (AvgIpc) is 2.56. The van der Waals surface area contributed by atoms with Gasteiger partial charge in [-0.05, 0) is 77.7 Å². The largest absolute Gasteiger partial charge is 0.458 e. The SMILES string of the molecule is CC(C)=CCCC(C)=CCCC(C)=CCOC(=O)c1ccc(Cl)c(Cl)c1. The molecule has 1 aromatic carbocycles. The molecule has 0 bridgehead atoms. The van der Waals surface area contributed by atoms with Gasteiger partial charge in [0.25, 0.3) is 0 Å². The van der Waals surface area contributed by atoms with Gasteiger partial charge in [-0.15, -0.1) is 0 Å². The topological polar surface area (TPSA) is 26.3 Å². The first-order chi connectivity index (χ1) is 12.3. The van der Waals surface area contributed by atoms with Crippen LogP contribution in [0.2, 0.25) is 10.0 Å². The molecule has 0 unspecified atom stereocenters. The van der Waals surface area contributed by atoms with Crippen LogP contribution in [-0.2, 0) is 4.74 Å². The van der Waals surface area contributed by atoms with Gasteiger partial charge >= 0.3 is 5.97 Å². The van der Waals surface area contributed by atoms with Gasteiger partial charge in [0.05, 0.1) is 15.6 Å². The van der Waals surface area contributed by atoms with Crippen LogP contribution >= 0.6 is 23.2 Å². The number of carbonyl (C=O) groups excluding carboxylic acids is 1. The molecular weight excluding hydrogens is 367 g/mol. The van der Waals surface area contributed by atoms with Gasteiger partial charge in [-0.25, -0.2) is 4.79 Å². The van der Waals surface area contributed by atoms with Crippen LogP contribution in [0.5, 0.6) is 0 Å². The van der Waals surface area contributed by atoms with Crippen molar-refractivity contribution >= 4 is 29.2 Å². The minimum Gasteiger partial charge on any atom is -0.458 e. The third-order valence-electron chi connectivity index (χ3n) is 3.92. The molecule has 0 spiro atoms. The first-order valence-corrected chi connectivity index (χ1v) is 9.62. The lowest BCUT2D eigenvalue weighted by Gasteiger charge is -2.05. The minimum atomic E-state index is -0.400. The number of ether oxygens (including phenoxy) is 1. The van der Waals surface area contributed by atoms with Gasteiger partial charge in [-0.1, -0.05) is 52.1 Å². The lowest BCUT2D eigenvalue weighted by molar-refractivity contribution is 0.0549. The second-order valence-electron chi connectivity index (χ2n) is 6.69. The van der Waals surface area contributed by atoms with Crippen molar-refractivity contribution in [2.24, 2.45) is 0 Å². The van der Waals surface area contributed by atoms with Gasteiger partial charge in [0.1, 0.15) is 6.61 Å². The predicted molar refractivity (Wildman–Crippen MR) is 112 cm³/mol. The zero-order valence-electron chi connectivity index (χ0n) is 16.1. The summed E-state index contributed by atoms with van der Waals surface area (Å²) in [7, 11) is 0. The van der Waals surface area contributed by atoms with Crippen molar-refractivity contribution in [3.05, 3.63) is 68.8 Å². The van der Waals surface area contributed by atoms with Crippen LogP contribution in [-0.4, -0.2) is 12.6 Å². The second-order valence-corrected chi connectivity index (χ2v) is 7.50. The summed E-state index contributed by atoms with van der Waals surface area (Å²) in [6.45, 7) is 8.74. The Morgan fingerprint density at radius 2 is 1.54 bits per heavy atom. The molecule has 2 nitrogen and oxygen atoms in total. The molecule has 1 aromatic rings. The summed E-state index contributed by atoms with van der Waals surface area (Å²) in [5.41, 5.74) is 4.40. The van der Waals surface area contributed by atoms with Crippen molar-refractivity contribution in [2.75, 3.05) is 6.61 Å². The summed E-state index contributed by atoms with van der Waals surface area (Å²) in [5.74, 6) is -0.400. The smallest absolute Gasteiger partial charge is 0.338 e. The van der Waals surface area contributed by atoms with Crippen molar-refractivity contribution in [1.29, 1.82) is 0 Å². The Balaban J connectivity index is 2.36. The lowest BCUT2D eigenvalue weighted by Crippen LogP contribution is -2.05. The number of halogens is 2. The number of carbonyl (C=O) groups is 1. The van der Waals surface area contributed by atoms with E-state index in [1.165, 1.54) is 22.8 Å². The van der Waals surface area contributed by atoms with E-state index >= 15 is 0 Å². The Morgan fingerprint density at radius 1 is 0.923 bits per heavy atom. The zero-order valence-corrected chi connectivity index (χ0v) is 17.6. The van der Waals surface area contributed by atoms with Gasteiger partial charge in [-0.2, -0.15) is 0 Å². The first kappa shape index (κ1) is 22.5. The third-order valence-corrected chi connectivity index (χ3v) is 4.66. The first-order valence-electron chi connectivity index (χ1n) is 8.86. The Morgan fingerprint density at radius 3 is 2.15 bits per heavy atom. The normalized spacial score (nSPS) is 12.1. The fourth-order valence-corrected chi connectivity index (χ4v) is 2.60. The van der Waals surface area contributed by atoms with Gasteiger partial charge in [0.15, 0.2) is 0 Å². The van der Waals surface area contributed by atoms with Gasteiger partial charge < -0.3 is 4.74 Å². The average molecular weight is 395 g/mol. The fraction of sp³-hybridized carbons (Fsp3) is 0.409. The maximum Gasteiger partial charge on any atom is 0.338 e. The van der Waals surface area contributed by atoms with Gasteiger partial charge in [0.2, 0.25) is 0 Å². The van der Waals surface area contributed by atoms with Crippen LogP contribution in [0.1, 0.15) is 63.7 Å². The molecule has 0 N–H and O–H groups in total. The molecule has 1 rings (SSSR count). The van der Waals surface area contributed by atoms with Crippen molar-refractivity contribution in [3.63, 3.8) is 0 Å². The standard InChI is InChI=1S/C22H28Cl2O2/c1-16(2)7-5-8-17(3)9-6-10-18(4)13-14-26-22(25)19-11-12-20(23)21(24)15-19/h7,9,11-13,15H,5-6,8,10,14H2,1-4H3. The Bertz CT molecular complexity index is 696. The van der Waals surface area contributed by atoms with Crippen molar-refractivity contribution in [3.8, 4) is 0 Å².